The van der Waals surface area contributed by atoms with Crippen molar-refractivity contribution in [3.8, 4) is 23.0 Å². The van der Waals surface area contributed by atoms with Crippen molar-refractivity contribution < 1.29 is 19.4 Å². The van der Waals surface area contributed by atoms with Gasteiger partial charge in [-0.25, -0.2) is 4.98 Å². The summed E-state index contributed by atoms with van der Waals surface area (Å²) in [4.78, 5) is 35.6. The van der Waals surface area contributed by atoms with E-state index in [1.807, 2.05) is 26.0 Å². The number of carbonyl (C=O) groups excluding carboxylic acids is 2. The van der Waals surface area contributed by atoms with Gasteiger partial charge in [0.1, 0.15) is 5.75 Å². The first kappa shape index (κ1) is 25.2. The largest absolute Gasteiger partial charge is 0.426 e. The van der Waals surface area contributed by atoms with Crippen LogP contribution in [0, 0.1) is 0 Å². The molecule has 0 spiro atoms. The van der Waals surface area contributed by atoms with Crippen molar-refractivity contribution in [3.05, 3.63) is 70.7 Å². The van der Waals surface area contributed by atoms with Gasteiger partial charge in [-0.2, -0.15) is 4.98 Å². The Balaban J connectivity index is 1.53. The molecular weight excluding hydrogens is 482 g/mol. The number of benzene rings is 2. The number of aliphatic hydroxyl groups is 1. The quantitative estimate of drug-likeness (QED) is 0.283. The lowest BCUT2D eigenvalue weighted by molar-refractivity contribution is -0.120. The van der Waals surface area contributed by atoms with Crippen molar-refractivity contribution in [1.82, 2.24) is 25.6 Å². The molecule has 4 rings (SSSR count). The number of aromatic nitrogens is 3. The molecule has 2 heterocycles. The monoisotopic (exact) mass is 507 g/mol. The molecule has 0 aliphatic rings. The Bertz CT molecular complexity index is 1400. The molecule has 0 saturated heterocycles. The zero-order valence-electron chi connectivity index (χ0n) is 20.1. The van der Waals surface area contributed by atoms with E-state index in [0.29, 0.717) is 33.2 Å². The van der Waals surface area contributed by atoms with Gasteiger partial charge in [0.2, 0.25) is 5.91 Å². The molecule has 0 fully saturated rings. The van der Waals surface area contributed by atoms with Crippen LogP contribution in [0.4, 0.5) is 0 Å². The average Bonchev–Trinajstić information content (AvgIpc) is 3.22. The molecule has 0 aliphatic heterocycles. The number of nitrogens with zero attached hydrogens (tertiary/aromatic N) is 2. The molecule has 0 aliphatic carbocycles. The molecule has 186 valence electrons. The summed E-state index contributed by atoms with van der Waals surface area (Å²) in [7, 11) is 0. The van der Waals surface area contributed by atoms with Crippen molar-refractivity contribution in [3.63, 3.8) is 0 Å². The normalized spacial score (nSPS) is 11.4. The van der Waals surface area contributed by atoms with E-state index >= 15 is 0 Å². The first-order chi connectivity index (χ1) is 17.2. The lowest BCUT2D eigenvalue weighted by Gasteiger charge is -2.26. The van der Waals surface area contributed by atoms with Gasteiger partial charge in [0.25, 0.3) is 5.91 Å². The van der Waals surface area contributed by atoms with E-state index in [2.05, 4.69) is 25.6 Å². The molecule has 2 aromatic heterocycles. The lowest BCUT2D eigenvalue weighted by atomic mass is 9.94. The zero-order chi connectivity index (χ0) is 25.9. The summed E-state index contributed by atoms with van der Waals surface area (Å²) in [5.41, 5.74) is 3.18. The smallest absolute Gasteiger partial charge is 0.301 e. The third-order valence-corrected chi connectivity index (χ3v) is 5.79. The van der Waals surface area contributed by atoms with Crippen LogP contribution in [-0.4, -0.2) is 45.0 Å². The highest BCUT2D eigenvalue weighted by atomic mass is 35.5. The van der Waals surface area contributed by atoms with E-state index in [-0.39, 0.29) is 31.0 Å². The number of rotatable bonds is 8. The third kappa shape index (κ3) is 5.64. The number of carbonyl (C=O) groups is 2. The number of fused-ring (bicyclic) bond motifs is 1. The van der Waals surface area contributed by atoms with E-state index < -0.39 is 5.54 Å². The number of pyridine rings is 1. The second kappa shape index (κ2) is 10.3. The number of nitrogens with one attached hydrogen (secondary N) is 3. The molecular formula is C26H26ClN5O4. The maximum absolute atomic E-state index is 12.0. The highest BCUT2D eigenvalue weighted by molar-refractivity contribution is 6.33. The predicted octanol–water partition coefficient (Wildman–Crippen LogP) is 4.16. The van der Waals surface area contributed by atoms with Gasteiger partial charge in [0, 0.05) is 24.6 Å². The second-order valence-corrected chi connectivity index (χ2v) is 9.13. The molecule has 2 aromatic carbocycles. The van der Waals surface area contributed by atoms with E-state index in [0.717, 1.165) is 11.1 Å². The highest BCUT2D eigenvalue weighted by Crippen LogP contribution is 2.31. The van der Waals surface area contributed by atoms with Gasteiger partial charge >= 0.3 is 6.01 Å². The SMILES string of the molecule is CC(=O)NC(C)(C)c1ccc(Oc2nc3nc(-c4ccc(C(=O)NCCO)cc4)c(Cl)cc3[nH]2)cc1. The number of hydrogen-bond donors (Lipinski definition) is 4. The number of aromatic amines is 1. The lowest BCUT2D eigenvalue weighted by Crippen LogP contribution is -2.39. The van der Waals surface area contributed by atoms with Gasteiger partial charge in [0.15, 0.2) is 5.65 Å². The van der Waals surface area contributed by atoms with Crippen LogP contribution in [0.15, 0.2) is 54.6 Å². The van der Waals surface area contributed by atoms with Crippen LogP contribution in [0.3, 0.4) is 0 Å². The second-order valence-electron chi connectivity index (χ2n) is 8.72. The summed E-state index contributed by atoms with van der Waals surface area (Å²) < 4.78 is 5.87. The van der Waals surface area contributed by atoms with E-state index in [9.17, 15) is 9.59 Å². The molecule has 0 bridgehead atoms. The topological polar surface area (TPSA) is 129 Å². The number of aliphatic hydroxyl groups excluding tert-OH is 1. The molecule has 4 N–H and O–H groups in total. The summed E-state index contributed by atoms with van der Waals surface area (Å²) in [5.74, 6) is 0.191. The van der Waals surface area contributed by atoms with Crippen LogP contribution < -0.4 is 15.4 Å². The fraction of sp³-hybridized carbons (Fsp3) is 0.231. The summed E-state index contributed by atoms with van der Waals surface area (Å²) in [6.45, 7) is 5.40. The minimum atomic E-state index is -0.512. The highest BCUT2D eigenvalue weighted by Gasteiger charge is 2.21. The van der Waals surface area contributed by atoms with Crippen molar-refractivity contribution in [2.75, 3.05) is 13.2 Å². The average molecular weight is 508 g/mol. The molecule has 4 aromatic rings. The standard InChI is InChI=1S/C26H26ClN5O4/c1-15(34)32-26(2,3)18-8-10-19(11-9-18)36-25-29-21-14-20(27)22(30-23(21)31-25)16-4-6-17(7-5-16)24(35)28-12-13-33/h4-11,14,33H,12-13H2,1-3H3,(H,28,35)(H,32,34)(H,29,30,31). The Hall–Kier alpha value is -3.95. The number of halogens is 1. The van der Waals surface area contributed by atoms with Gasteiger partial charge in [0.05, 0.1) is 28.4 Å². The number of ether oxygens (including phenoxy) is 1. The Labute approximate surface area is 212 Å². The van der Waals surface area contributed by atoms with Crippen molar-refractivity contribution in [1.29, 1.82) is 0 Å². The Morgan fingerprint density at radius 3 is 2.42 bits per heavy atom. The molecule has 0 saturated carbocycles. The zero-order valence-corrected chi connectivity index (χ0v) is 20.8. The molecule has 0 radical (unpaired) electrons. The Morgan fingerprint density at radius 1 is 1.08 bits per heavy atom. The molecule has 10 heteroatoms. The van der Waals surface area contributed by atoms with Crippen LogP contribution >= 0.6 is 11.6 Å². The fourth-order valence-corrected chi connectivity index (χ4v) is 4.02. The first-order valence-corrected chi connectivity index (χ1v) is 11.7. The van der Waals surface area contributed by atoms with E-state index in [1.54, 1.807) is 42.5 Å². The van der Waals surface area contributed by atoms with Crippen LogP contribution in [0.2, 0.25) is 5.02 Å². The fourth-order valence-electron chi connectivity index (χ4n) is 3.76. The van der Waals surface area contributed by atoms with Crippen molar-refractivity contribution in [2.45, 2.75) is 26.3 Å². The maximum atomic E-state index is 12.0. The predicted molar refractivity (Wildman–Crippen MR) is 137 cm³/mol. The van der Waals surface area contributed by atoms with Gasteiger partial charge < -0.3 is 25.5 Å². The Kier molecular flexibility index (Phi) is 7.23. The number of imidazole rings is 1. The minimum Gasteiger partial charge on any atom is -0.426 e. The van der Waals surface area contributed by atoms with Gasteiger partial charge in [-0.3, -0.25) is 9.59 Å². The van der Waals surface area contributed by atoms with Crippen LogP contribution in [0.5, 0.6) is 11.8 Å². The summed E-state index contributed by atoms with van der Waals surface area (Å²) in [6, 6.07) is 16.2. The van der Waals surface area contributed by atoms with Crippen molar-refractivity contribution >= 4 is 34.6 Å². The molecule has 0 unspecified atom stereocenters. The summed E-state index contributed by atoms with van der Waals surface area (Å²) in [5, 5.41) is 14.8. The molecule has 36 heavy (non-hydrogen) atoms. The minimum absolute atomic E-state index is 0.104. The van der Waals surface area contributed by atoms with Gasteiger partial charge in [-0.1, -0.05) is 35.9 Å². The van der Waals surface area contributed by atoms with Crippen LogP contribution in [-0.2, 0) is 10.3 Å². The number of amides is 2. The first-order valence-electron chi connectivity index (χ1n) is 11.3. The van der Waals surface area contributed by atoms with Gasteiger partial charge in [-0.05, 0) is 49.7 Å². The number of hydrogen-bond acceptors (Lipinski definition) is 6. The summed E-state index contributed by atoms with van der Waals surface area (Å²) >= 11 is 6.49. The van der Waals surface area contributed by atoms with Crippen molar-refractivity contribution in [2.24, 2.45) is 0 Å². The maximum Gasteiger partial charge on any atom is 0.301 e. The van der Waals surface area contributed by atoms with Crippen LogP contribution in [0.25, 0.3) is 22.4 Å². The Morgan fingerprint density at radius 2 is 1.78 bits per heavy atom. The van der Waals surface area contributed by atoms with E-state index in [4.69, 9.17) is 21.4 Å². The van der Waals surface area contributed by atoms with E-state index in [1.165, 1.54) is 6.92 Å². The molecule has 0 atom stereocenters. The third-order valence-electron chi connectivity index (χ3n) is 5.50. The summed E-state index contributed by atoms with van der Waals surface area (Å²) in [6.07, 6.45) is 0. The van der Waals surface area contributed by atoms with Crippen LogP contribution in [0.1, 0.15) is 36.7 Å². The number of H-pyrrole nitrogens is 1. The molecule has 9 nitrogen and oxygen atoms in total. The van der Waals surface area contributed by atoms with Gasteiger partial charge in [-0.15, -0.1) is 0 Å². The molecule has 2 amide bonds.